The molecule has 0 spiro atoms. The molecule has 0 amide bonds. The standard InChI is InChI=1S/C14H16N4O4S/c1-3-17-13(10-5-7-11(8-6-10)18(20)21)15-16-14(17)23-9-12(19)22-4-2/h5-8H,3-4,9H2,1-2H3. The second-order valence-electron chi connectivity index (χ2n) is 4.45. The number of non-ortho nitro benzene ring substituents is 1. The fourth-order valence-corrected chi connectivity index (χ4v) is 2.75. The van der Waals surface area contributed by atoms with E-state index in [-0.39, 0.29) is 17.4 Å². The first-order valence-corrected chi connectivity index (χ1v) is 8.01. The summed E-state index contributed by atoms with van der Waals surface area (Å²) in [6.45, 7) is 4.65. The Morgan fingerprint density at radius 3 is 2.57 bits per heavy atom. The van der Waals surface area contributed by atoms with E-state index in [2.05, 4.69) is 10.2 Å². The van der Waals surface area contributed by atoms with E-state index in [1.165, 1.54) is 23.9 Å². The number of esters is 1. The van der Waals surface area contributed by atoms with Crippen molar-refractivity contribution in [3.05, 3.63) is 34.4 Å². The molecule has 0 N–H and O–H groups in total. The van der Waals surface area contributed by atoms with Crippen molar-refractivity contribution in [3.8, 4) is 11.4 Å². The molecule has 2 rings (SSSR count). The molecule has 0 atom stereocenters. The van der Waals surface area contributed by atoms with Crippen molar-refractivity contribution in [1.82, 2.24) is 14.8 Å². The average molecular weight is 336 g/mol. The van der Waals surface area contributed by atoms with E-state index in [0.717, 1.165) is 5.56 Å². The number of carbonyl (C=O) groups excluding carboxylic acids is 1. The lowest BCUT2D eigenvalue weighted by Gasteiger charge is -2.07. The van der Waals surface area contributed by atoms with Gasteiger partial charge in [-0.3, -0.25) is 14.9 Å². The van der Waals surface area contributed by atoms with Gasteiger partial charge in [-0.2, -0.15) is 0 Å². The molecule has 0 unspecified atom stereocenters. The largest absolute Gasteiger partial charge is 0.465 e. The van der Waals surface area contributed by atoms with Gasteiger partial charge < -0.3 is 9.30 Å². The third-order valence-corrected chi connectivity index (χ3v) is 3.93. The number of rotatable bonds is 7. The van der Waals surface area contributed by atoms with Crippen molar-refractivity contribution in [2.75, 3.05) is 12.4 Å². The summed E-state index contributed by atoms with van der Waals surface area (Å²) < 4.78 is 6.74. The highest BCUT2D eigenvalue weighted by Crippen LogP contribution is 2.25. The highest BCUT2D eigenvalue weighted by Gasteiger charge is 2.15. The molecule has 0 aliphatic carbocycles. The van der Waals surface area contributed by atoms with Crippen LogP contribution in [0.2, 0.25) is 0 Å². The lowest BCUT2D eigenvalue weighted by atomic mass is 10.2. The summed E-state index contributed by atoms with van der Waals surface area (Å²) in [5, 5.41) is 19.5. The second-order valence-corrected chi connectivity index (χ2v) is 5.39. The lowest BCUT2D eigenvalue weighted by Crippen LogP contribution is -2.08. The van der Waals surface area contributed by atoms with Gasteiger partial charge >= 0.3 is 5.97 Å². The third-order valence-electron chi connectivity index (χ3n) is 2.99. The first-order chi connectivity index (χ1) is 11.1. The normalized spacial score (nSPS) is 10.5. The molecular weight excluding hydrogens is 320 g/mol. The zero-order valence-electron chi connectivity index (χ0n) is 12.8. The maximum absolute atomic E-state index is 11.4. The molecule has 0 bridgehead atoms. The minimum Gasteiger partial charge on any atom is -0.465 e. The van der Waals surface area contributed by atoms with Crippen LogP contribution in [0.3, 0.4) is 0 Å². The third kappa shape index (κ3) is 4.07. The maximum atomic E-state index is 11.4. The van der Waals surface area contributed by atoms with Gasteiger partial charge in [0.05, 0.1) is 17.3 Å². The van der Waals surface area contributed by atoms with Crippen LogP contribution >= 0.6 is 11.8 Å². The number of nitrogens with zero attached hydrogens (tertiary/aromatic N) is 4. The summed E-state index contributed by atoms with van der Waals surface area (Å²) in [6.07, 6.45) is 0. The van der Waals surface area contributed by atoms with E-state index in [9.17, 15) is 14.9 Å². The fourth-order valence-electron chi connectivity index (χ4n) is 1.95. The maximum Gasteiger partial charge on any atom is 0.316 e. The zero-order chi connectivity index (χ0) is 16.8. The molecule has 0 radical (unpaired) electrons. The van der Waals surface area contributed by atoms with Crippen molar-refractivity contribution >= 4 is 23.4 Å². The Kier molecular flexibility index (Phi) is 5.69. The van der Waals surface area contributed by atoms with Gasteiger partial charge in [-0.1, -0.05) is 11.8 Å². The molecule has 2 aromatic rings. The second kappa shape index (κ2) is 7.73. The van der Waals surface area contributed by atoms with Crippen molar-refractivity contribution in [2.45, 2.75) is 25.5 Å². The number of carbonyl (C=O) groups is 1. The number of hydrogen-bond acceptors (Lipinski definition) is 7. The van der Waals surface area contributed by atoms with Gasteiger partial charge in [0.15, 0.2) is 11.0 Å². The van der Waals surface area contributed by atoms with Gasteiger partial charge in [-0.05, 0) is 26.0 Å². The van der Waals surface area contributed by atoms with Gasteiger partial charge in [0.25, 0.3) is 5.69 Å². The molecule has 122 valence electrons. The molecule has 0 fully saturated rings. The Morgan fingerprint density at radius 1 is 1.30 bits per heavy atom. The van der Waals surface area contributed by atoms with Crippen molar-refractivity contribution in [2.24, 2.45) is 0 Å². The summed E-state index contributed by atoms with van der Waals surface area (Å²) in [6, 6.07) is 6.12. The number of nitro groups is 1. The first kappa shape index (κ1) is 16.9. The number of nitro benzene ring substituents is 1. The van der Waals surface area contributed by atoms with E-state index < -0.39 is 4.92 Å². The zero-order valence-corrected chi connectivity index (χ0v) is 13.6. The van der Waals surface area contributed by atoms with Crippen LogP contribution in [-0.4, -0.2) is 38.0 Å². The van der Waals surface area contributed by atoms with Crippen LogP contribution < -0.4 is 0 Å². The van der Waals surface area contributed by atoms with Crippen LogP contribution in [0, 0.1) is 10.1 Å². The van der Waals surface area contributed by atoms with E-state index in [4.69, 9.17) is 4.74 Å². The van der Waals surface area contributed by atoms with Gasteiger partial charge in [0.1, 0.15) is 0 Å². The Labute approximate surface area is 137 Å². The van der Waals surface area contributed by atoms with Crippen LogP contribution in [0.4, 0.5) is 5.69 Å². The summed E-state index contributed by atoms with van der Waals surface area (Å²) in [7, 11) is 0. The molecule has 0 saturated heterocycles. The van der Waals surface area contributed by atoms with Crippen molar-refractivity contribution in [1.29, 1.82) is 0 Å². The number of ether oxygens (including phenoxy) is 1. The average Bonchev–Trinajstić information content (AvgIpc) is 2.96. The number of thioether (sulfide) groups is 1. The number of aromatic nitrogens is 3. The van der Waals surface area contributed by atoms with Gasteiger partial charge in [-0.25, -0.2) is 0 Å². The lowest BCUT2D eigenvalue weighted by molar-refractivity contribution is -0.384. The topological polar surface area (TPSA) is 100 Å². The van der Waals surface area contributed by atoms with Crippen LogP contribution in [0.25, 0.3) is 11.4 Å². The Bertz CT molecular complexity index is 699. The fraction of sp³-hybridized carbons (Fsp3) is 0.357. The molecule has 0 aliphatic rings. The summed E-state index contributed by atoms with van der Waals surface area (Å²) in [5.74, 6) is 0.459. The van der Waals surface area contributed by atoms with Gasteiger partial charge in [-0.15, -0.1) is 10.2 Å². The van der Waals surface area contributed by atoms with Crippen LogP contribution in [0.15, 0.2) is 29.4 Å². The quantitative estimate of drug-likeness (QED) is 0.331. The number of hydrogen-bond donors (Lipinski definition) is 0. The minimum absolute atomic E-state index is 0.0215. The predicted octanol–water partition coefficient (Wildman–Crippen LogP) is 2.53. The molecule has 23 heavy (non-hydrogen) atoms. The predicted molar refractivity (Wildman–Crippen MR) is 85.1 cm³/mol. The number of benzene rings is 1. The van der Waals surface area contributed by atoms with Crippen molar-refractivity contribution < 1.29 is 14.5 Å². The highest BCUT2D eigenvalue weighted by molar-refractivity contribution is 7.99. The molecule has 1 heterocycles. The smallest absolute Gasteiger partial charge is 0.316 e. The molecule has 0 saturated carbocycles. The van der Waals surface area contributed by atoms with E-state index >= 15 is 0 Å². The van der Waals surface area contributed by atoms with E-state index in [0.29, 0.717) is 24.1 Å². The first-order valence-electron chi connectivity index (χ1n) is 7.03. The van der Waals surface area contributed by atoms with Gasteiger partial charge in [0, 0.05) is 24.2 Å². The van der Waals surface area contributed by atoms with Crippen LogP contribution in [-0.2, 0) is 16.1 Å². The SMILES string of the molecule is CCOC(=O)CSc1nnc(-c2ccc([N+](=O)[O-])cc2)n1CC. The molecule has 0 aliphatic heterocycles. The monoisotopic (exact) mass is 336 g/mol. The van der Waals surface area contributed by atoms with E-state index in [1.807, 2.05) is 11.5 Å². The summed E-state index contributed by atoms with van der Waals surface area (Å²) >= 11 is 1.25. The molecule has 9 heteroatoms. The van der Waals surface area contributed by atoms with Crippen LogP contribution in [0.5, 0.6) is 0 Å². The molecule has 1 aromatic heterocycles. The highest BCUT2D eigenvalue weighted by atomic mass is 32.2. The summed E-state index contributed by atoms with van der Waals surface area (Å²) in [5.41, 5.74) is 0.751. The molecular formula is C14H16N4O4S. The molecule has 1 aromatic carbocycles. The Hall–Kier alpha value is -2.42. The van der Waals surface area contributed by atoms with E-state index in [1.54, 1.807) is 19.1 Å². The Morgan fingerprint density at radius 2 is 2.00 bits per heavy atom. The van der Waals surface area contributed by atoms with Gasteiger partial charge in [0.2, 0.25) is 0 Å². The minimum atomic E-state index is -0.449. The Balaban J connectivity index is 2.20. The summed E-state index contributed by atoms with van der Waals surface area (Å²) in [4.78, 5) is 21.7. The molecule has 8 nitrogen and oxygen atoms in total. The van der Waals surface area contributed by atoms with Crippen molar-refractivity contribution in [3.63, 3.8) is 0 Å². The van der Waals surface area contributed by atoms with Crippen LogP contribution in [0.1, 0.15) is 13.8 Å².